The predicted octanol–water partition coefficient (Wildman–Crippen LogP) is 2.44. The van der Waals surface area contributed by atoms with Gasteiger partial charge in [-0.15, -0.1) is 0 Å². The van der Waals surface area contributed by atoms with Crippen LogP contribution in [0, 0.1) is 0 Å². The van der Waals surface area contributed by atoms with E-state index in [1.54, 1.807) is 4.90 Å². The van der Waals surface area contributed by atoms with Gasteiger partial charge in [-0.2, -0.15) is 0 Å². The van der Waals surface area contributed by atoms with Gasteiger partial charge < -0.3 is 14.7 Å². The molecule has 0 radical (unpaired) electrons. The fourth-order valence-corrected chi connectivity index (χ4v) is 2.82. The Hall–Kier alpha value is -1.88. The smallest absolute Gasteiger partial charge is 0.305 e. The molecule has 0 aliphatic carbocycles. The number of carboxylic acids is 1. The van der Waals surface area contributed by atoms with E-state index in [1.165, 1.54) is 5.56 Å². The summed E-state index contributed by atoms with van der Waals surface area (Å²) in [5, 5.41) is 8.95. The van der Waals surface area contributed by atoms with E-state index in [4.69, 9.17) is 9.84 Å². The first-order chi connectivity index (χ1) is 11.0. The van der Waals surface area contributed by atoms with Crippen molar-refractivity contribution in [1.29, 1.82) is 0 Å². The zero-order chi connectivity index (χ0) is 16.8. The number of amides is 1. The number of ether oxygens (including phenoxy) is 1. The summed E-state index contributed by atoms with van der Waals surface area (Å²) in [5.74, 6) is -0.397. The predicted molar refractivity (Wildman–Crippen MR) is 87.4 cm³/mol. The number of carboxylic acid groups (broad SMARTS) is 1. The molecule has 5 heteroatoms. The van der Waals surface area contributed by atoms with Crippen molar-refractivity contribution in [2.24, 2.45) is 0 Å². The third-order valence-electron chi connectivity index (χ3n) is 4.23. The molecule has 1 heterocycles. The summed E-state index contributed by atoms with van der Waals surface area (Å²) in [6.45, 7) is 5.56. The molecule has 2 rings (SSSR count). The average molecular weight is 319 g/mol. The Morgan fingerprint density at radius 1 is 1.30 bits per heavy atom. The number of hydrogen-bond donors (Lipinski definition) is 1. The summed E-state index contributed by atoms with van der Waals surface area (Å²) >= 11 is 0. The number of aliphatic carboxylic acids is 1. The number of nitrogens with zero attached hydrogens (tertiary/aromatic N) is 1. The van der Waals surface area contributed by atoms with E-state index in [0.29, 0.717) is 38.5 Å². The summed E-state index contributed by atoms with van der Waals surface area (Å²) in [4.78, 5) is 25.0. The van der Waals surface area contributed by atoms with E-state index < -0.39 is 5.97 Å². The molecular formula is C18H25NO4. The quantitative estimate of drug-likeness (QED) is 0.874. The zero-order valence-electron chi connectivity index (χ0n) is 13.8. The van der Waals surface area contributed by atoms with Crippen molar-refractivity contribution < 1.29 is 19.4 Å². The molecule has 1 atom stereocenters. The molecule has 0 aromatic heterocycles. The molecule has 1 amide bonds. The molecule has 1 aromatic carbocycles. The summed E-state index contributed by atoms with van der Waals surface area (Å²) in [6, 6.07) is 7.99. The highest BCUT2D eigenvalue weighted by molar-refractivity contribution is 5.78. The lowest BCUT2D eigenvalue weighted by molar-refractivity contribution is -0.146. The van der Waals surface area contributed by atoms with Crippen molar-refractivity contribution in [2.75, 3.05) is 19.8 Å². The van der Waals surface area contributed by atoms with Crippen LogP contribution >= 0.6 is 0 Å². The maximum Gasteiger partial charge on any atom is 0.305 e. The van der Waals surface area contributed by atoms with Crippen LogP contribution in [0.1, 0.15) is 43.7 Å². The van der Waals surface area contributed by atoms with Gasteiger partial charge in [0, 0.05) is 13.0 Å². The number of rotatable bonds is 6. The third-order valence-corrected chi connectivity index (χ3v) is 4.23. The van der Waals surface area contributed by atoms with E-state index in [-0.39, 0.29) is 18.4 Å². The van der Waals surface area contributed by atoms with E-state index in [9.17, 15) is 9.59 Å². The molecule has 1 aromatic rings. The molecule has 23 heavy (non-hydrogen) atoms. The highest BCUT2D eigenvalue weighted by Gasteiger charge is 2.28. The van der Waals surface area contributed by atoms with Crippen molar-refractivity contribution >= 4 is 11.9 Å². The molecule has 5 nitrogen and oxygen atoms in total. The lowest BCUT2D eigenvalue weighted by Crippen LogP contribution is -2.49. The van der Waals surface area contributed by atoms with Crippen molar-refractivity contribution in [1.82, 2.24) is 4.90 Å². The van der Waals surface area contributed by atoms with Crippen LogP contribution in [0.5, 0.6) is 0 Å². The molecular weight excluding hydrogens is 294 g/mol. The molecule has 0 spiro atoms. The largest absolute Gasteiger partial charge is 0.481 e. The number of morpholine rings is 1. The number of carbonyl (C=O) groups excluding carboxylic acids is 1. The lowest BCUT2D eigenvalue weighted by Gasteiger charge is -2.35. The third kappa shape index (κ3) is 5.06. The Morgan fingerprint density at radius 3 is 2.61 bits per heavy atom. The summed E-state index contributed by atoms with van der Waals surface area (Å²) < 4.78 is 5.30. The molecule has 1 aliphatic rings. The van der Waals surface area contributed by atoms with Crippen molar-refractivity contribution in [3.8, 4) is 0 Å². The van der Waals surface area contributed by atoms with E-state index in [2.05, 4.69) is 38.1 Å². The lowest BCUT2D eigenvalue weighted by atomic mass is 10.00. The zero-order valence-corrected chi connectivity index (χ0v) is 13.8. The average Bonchev–Trinajstić information content (AvgIpc) is 2.53. The van der Waals surface area contributed by atoms with Gasteiger partial charge in [-0.1, -0.05) is 38.1 Å². The summed E-state index contributed by atoms with van der Waals surface area (Å²) in [5.41, 5.74) is 2.42. The fraction of sp³-hybridized carbons (Fsp3) is 0.556. The summed E-state index contributed by atoms with van der Waals surface area (Å²) in [6.07, 6.45) is 1.01. The van der Waals surface area contributed by atoms with Gasteiger partial charge in [-0.25, -0.2) is 0 Å². The Balaban J connectivity index is 1.90. The van der Waals surface area contributed by atoms with Crippen LogP contribution in [0.25, 0.3) is 0 Å². The molecule has 0 saturated carbocycles. The van der Waals surface area contributed by atoms with Gasteiger partial charge in [0.05, 0.1) is 25.7 Å². The van der Waals surface area contributed by atoms with Crippen molar-refractivity contribution in [2.45, 2.75) is 45.1 Å². The van der Waals surface area contributed by atoms with Gasteiger partial charge in [0.25, 0.3) is 0 Å². The van der Waals surface area contributed by atoms with Crippen LogP contribution in [0.4, 0.5) is 0 Å². The standard InChI is InChI=1S/C18H25NO4/c1-13(2)15-6-3-14(4-7-15)5-8-17(20)19-9-10-23-12-16(19)11-18(21)22/h3-4,6-7,13,16H,5,8-12H2,1-2H3,(H,21,22). The van der Waals surface area contributed by atoms with Gasteiger partial charge >= 0.3 is 5.97 Å². The number of carbonyl (C=O) groups is 2. The van der Waals surface area contributed by atoms with Crippen LogP contribution in [-0.4, -0.2) is 47.7 Å². The first-order valence-electron chi connectivity index (χ1n) is 8.15. The van der Waals surface area contributed by atoms with Gasteiger partial charge in [0.15, 0.2) is 0 Å². The molecule has 1 aliphatic heterocycles. The SMILES string of the molecule is CC(C)c1ccc(CCC(=O)N2CCOCC2CC(=O)O)cc1. The van der Waals surface area contributed by atoms with Crippen LogP contribution < -0.4 is 0 Å². The Bertz CT molecular complexity index is 538. The van der Waals surface area contributed by atoms with Gasteiger partial charge in [-0.3, -0.25) is 9.59 Å². The number of benzene rings is 1. The first kappa shape index (κ1) is 17.5. The van der Waals surface area contributed by atoms with E-state index in [0.717, 1.165) is 5.56 Å². The van der Waals surface area contributed by atoms with Crippen molar-refractivity contribution in [3.63, 3.8) is 0 Å². The van der Waals surface area contributed by atoms with Crippen molar-refractivity contribution in [3.05, 3.63) is 35.4 Å². The second kappa shape index (κ2) is 8.11. The highest BCUT2D eigenvalue weighted by atomic mass is 16.5. The normalized spacial score (nSPS) is 18.2. The topological polar surface area (TPSA) is 66.8 Å². The Morgan fingerprint density at radius 2 is 2.00 bits per heavy atom. The van der Waals surface area contributed by atoms with E-state index >= 15 is 0 Å². The molecule has 1 fully saturated rings. The summed E-state index contributed by atoms with van der Waals surface area (Å²) in [7, 11) is 0. The van der Waals surface area contributed by atoms with Crippen LogP contribution in [0.3, 0.4) is 0 Å². The van der Waals surface area contributed by atoms with Gasteiger partial charge in [-0.05, 0) is 23.5 Å². The minimum Gasteiger partial charge on any atom is -0.481 e. The number of aryl methyl sites for hydroxylation is 1. The molecule has 1 saturated heterocycles. The molecule has 0 bridgehead atoms. The van der Waals surface area contributed by atoms with Crippen LogP contribution in [-0.2, 0) is 20.7 Å². The van der Waals surface area contributed by atoms with Gasteiger partial charge in [0.1, 0.15) is 0 Å². The van der Waals surface area contributed by atoms with Crippen LogP contribution in [0.2, 0.25) is 0 Å². The maximum atomic E-state index is 12.4. The van der Waals surface area contributed by atoms with E-state index in [1.807, 2.05) is 0 Å². The Labute approximate surface area is 137 Å². The molecule has 126 valence electrons. The first-order valence-corrected chi connectivity index (χ1v) is 8.15. The number of hydrogen-bond acceptors (Lipinski definition) is 3. The molecule has 1 unspecified atom stereocenters. The Kier molecular flexibility index (Phi) is 6.16. The molecule has 1 N–H and O–H groups in total. The van der Waals surface area contributed by atoms with Gasteiger partial charge in [0.2, 0.25) is 5.91 Å². The minimum atomic E-state index is -0.900. The minimum absolute atomic E-state index is 0.00693. The monoisotopic (exact) mass is 319 g/mol. The maximum absolute atomic E-state index is 12.4. The second-order valence-electron chi connectivity index (χ2n) is 6.31. The fourth-order valence-electron chi connectivity index (χ4n) is 2.82. The second-order valence-corrected chi connectivity index (χ2v) is 6.31. The highest BCUT2D eigenvalue weighted by Crippen LogP contribution is 2.17. The van der Waals surface area contributed by atoms with Crippen LogP contribution in [0.15, 0.2) is 24.3 Å².